The van der Waals surface area contributed by atoms with Crippen molar-refractivity contribution in [2.24, 2.45) is 0 Å². The molecule has 1 fully saturated rings. The first-order valence-corrected chi connectivity index (χ1v) is 10.5. The van der Waals surface area contributed by atoms with E-state index in [0.29, 0.717) is 23.9 Å². The molecule has 1 N–H and O–H groups in total. The fraction of sp³-hybridized carbons (Fsp3) is 0.375. The highest BCUT2D eigenvalue weighted by atomic mass is 16.5. The van der Waals surface area contributed by atoms with E-state index in [1.165, 1.54) is 5.56 Å². The fourth-order valence-electron chi connectivity index (χ4n) is 3.60. The van der Waals surface area contributed by atoms with E-state index in [-0.39, 0.29) is 11.4 Å². The third kappa shape index (κ3) is 5.00. The fourth-order valence-corrected chi connectivity index (χ4v) is 3.60. The molecule has 0 bridgehead atoms. The SMILES string of the molecule is Cc1ccc(-c2nnc(-c3ccc(C(=O)NCC(C)(C)N4CCOCC4)cc3)o2)cc1. The number of amides is 1. The molecule has 7 nitrogen and oxygen atoms in total. The molecule has 2 heterocycles. The number of hydrogen-bond donors (Lipinski definition) is 1. The van der Waals surface area contributed by atoms with Gasteiger partial charge in [0.25, 0.3) is 5.91 Å². The van der Waals surface area contributed by atoms with Crippen LogP contribution < -0.4 is 5.32 Å². The second kappa shape index (κ2) is 8.99. The summed E-state index contributed by atoms with van der Waals surface area (Å²) in [5.74, 6) is 0.803. The van der Waals surface area contributed by atoms with E-state index in [1.807, 2.05) is 43.3 Å². The van der Waals surface area contributed by atoms with Gasteiger partial charge in [-0.3, -0.25) is 9.69 Å². The molecule has 1 saturated heterocycles. The summed E-state index contributed by atoms with van der Waals surface area (Å²) in [6, 6.07) is 15.1. The Morgan fingerprint density at radius 2 is 1.52 bits per heavy atom. The Bertz CT molecular complexity index is 1020. The summed E-state index contributed by atoms with van der Waals surface area (Å²) >= 11 is 0. The van der Waals surface area contributed by atoms with Crippen molar-refractivity contribution < 1.29 is 13.9 Å². The molecule has 1 aromatic heterocycles. The van der Waals surface area contributed by atoms with Gasteiger partial charge in [0, 0.05) is 41.9 Å². The summed E-state index contributed by atoms with van der Waals surface area (Å²) in [7, 11) is 0. The second-order valence-electron chi connectivity index (χ2n) is 8.45. The number of morpholine rings is 1. The van der Waals surface area contributed by atoms with Crippen LogP contribution in [0.25, 0.3) is 22.9 Å². The van der Waals surface area contributed by atoms with E-state index < -0.39 is 0 Å². The summed E-state index contributed by atoms with van der Waals surface area (Å²) in [5.41, 5.74) is 3.29. The molecule has 0 radical (unpaired) electrons. The number of aryl methyl sites for hydroxylation is 1. The lowest BCUT2D eigenvalue weighted by atomic mass is 10.0. The summed E-state index contributed by atoms with van der Waals surface area (Å²) in [4.78, 5) is 15.0. The summed E-state index contributed by atoms with van der Waals surface area (Å²) in [5, 5.41) is 11.3. The van der Waals surface area contributed by atoms with Gasteiger partial charge in [-0.2, -0.15) is 0 Å². The lowest BCUT2D eigenvalue weighted by Crippen LogP contribution is -2.55. The molecular weight excluding hydrogens is 392 g/mol. The second-order valence-corrected chi connectivity index (χ2v) is 8.45. The number of rotatable bonds is 6. The predicted molar refractivity (Wildman–Crippen MR) is 119 cm³/mol. The van der Waals surface area contributed by atoms with Crippen LogP contribution in [0.5, 0.6) is 0 Å². The van der Waals surface area contributed by atoms with Crippen molar-refractivity contribution in [2.75, 3.05) is 32.8 Å². The van der Waals surface area contributed by atoms with Crippen LogP contribution in [-0.4, -0.2) is 59.4 Å². The lowest BCUT2D eigenvalue weighted by molar-refractivity contribution is -0.00923. The minimum absolute atomic E-state index is 0.0984. The number of nitrogens with one attached hydrogen (secondary N) is 1. The number of hydrogen-bond acceptors (Lipinski definition) is 6. The molecular formula is C24H28N4O3. The van der Waals surface area contributed by atoms with Gasteiger partial charge in [0.1, 0.15) is 0 Å². The Kier molecular flexibility index (Phi) is 6.15. The van der Waals surface area contributed by atoms with Crippen LogP contribution in [0.4, 0.5) is 0 Å². The van der Waals surface area contributed by atoms with Gasteiger partial charge in [-0.1, -0.05) is 17.7 Å². The first-order chi connectivity index (χ1) is 14.9. The van der Waals surface area contributed by atoms with E-state index >= 15 is 0 Å². The molecule has 7 heteroatoms. The Balaban J connectivity index is 1.39. The average molecular weight is 421 g/mol. The number of benzene rings is 2. The maximum absolute atomic E-state index is 12.6. The van der Waals surface area contributed by atoms with Crippen molar-refractivity contribution in [1.82, 2.24) is 20.4 Å². The zero-order chi connectivity index (χ0) is 21.8. The van der Waals surface area contributed by atoms with E-state index in [4.69, 9.17) is 9.15 Å². The smallest absolute Gasteiger partial charge is 0.251 e. The van der Waals surface area contributed by atoms with Gasteiger partial charge >= 0.3 is 0 Å². The predicted octanol–water partition coefficient (Wildman–Crippen LogP) is 3.55. The quantitative estimate of drug-likeness (QED) is 0.657. The molecule has 0 unspecified atom stereocenters. The highest BCUT2D eigenvalue weighted by Crippen LogP contribution is 2.24. The summed E-state index contributed by atoms with van der Waals surface area (Å²) in [6.45, 7) is 10.1. The minimum atomic E-state index is -0.129. The zero-order valence-electron chi connectivity index (χ0n) is 18.2. The first-order valence-electron chi connectivity index (χ1n) is 10.5. The Morgan fingerprint density at radius 3 is 2.10 bits per heavy atom. The van der Waals surface area contributed by atoms with Gasteiger partial charge in [-0.05, 0) is 57.2 Å². The number of aromatic nitrogens is 2. The molecule has 2 aromatic carbocycles. The molecule has 1 aliphatic rings. The number of nitrogens with zero attached hydrogens (tertiary/aromatic N) is 3. The van der Waals surface area contributed by atoms with Gasteiger partial charge in [-0.25, -0.2) is 0 Å². The van der Waals surface area contributed by atoms with E-state index in [9.17, 15) is 4.79 Å². The van der Waals surface area contributed by atoms with Crippen molar-refractivity contribution >= 4 is 5.91 Å². The van der Waals surface area contributed by atoms with Crippen LogP contribution in [0, 0.1) is 6.92 Å². The molecule has 162 valence electrons. The Hall–Kier alpha value is -3.03. The first kappa shape index (κ1) is 21.2. The van der Waals surface area contributed by atoms with Crippen molar-refractivity contribution in [3.63, 3.8) is 0 Å². The summed E-state index contributed by atoms with van der Waals surface area (Å²) in [6.07, 6.45) is 0. The molecule has 0 saturated carbocycles. The molecule has 0 atom stereocenters. The molecule has 4 rings (SSSR count). The highest BCUT2D eigenvalue weighted by Gasteiger charge is 2.28. The topological polar surface area (TPSA) is 80.5 Å². The Morgan fingerprint density at radius 1 is 0.968 bits per heavy atom. The number of carbonyl (C=O) groups is 1. The van der Waals surface area contributed by atoms with Crippen LogP contribution >= 0.6 is 0 Å². The number of carbonyl (C=O) groups excluding carboxylic acids is 1. The average Bonchev–Trinajstić information content (AvgIpc) is 3.29. The van der Waals surface area contributed by atoms with Gasteiger partial charge in [0.15, 0.2) is 0 Å². The van der Waals surface area contributed by atoms with Gasteiger partial charge < -0.3 is 14.5 Å². The van der Waals surface area contributed by atoms with Crippen LogP contribution in [0.2, 0.25) is 0 Å². The molecule has 0 spiro atoms. The van der Waals surface area contributed by atoms with E-state index in [2.05, 4.69) is 34.3 Å². The maximum atomic E-state index is 12.6. The number of ether oxygens (including phenoxy) is 1. The molecule has 0 aliphatic carbocycles. The normalized spacial score (nSPS) is 15.1. The largest absolute Gasteiger partial charge is 0.416 e. The zero-order valence-corrected chi connectivity index (χ0v) is 18.2. The third-order valence-corrected chi connectivity index (χ3v) is 5.67. The van der Waals surface area contributed by atoms with Gasteiger partial charge in [0.05, 0.1) is 13.2 Å². The van der Waals surface area contributed by atoms with Crippen molar-refractivity contribution in [3.05, 3.63) is 59.7 Å². The monoisotopic (exact) mass is 420 g/mol. The molecule has 31 heavy (non-hydrogen) atoms. The molecule has 1 aliphatic heterocycles. The van der Waals surface area contributed by atoms with E-state index in [1.54, 1.807) is 12.1 Å². The van der Waals surface area contributed by atoms with Crippen molar-refractivity contribution in [1.29, 1.82) is 0 Å². The van der Waals surface area contributed by atoms with Gasteiger partial charge in [-0.15, -0.1) is 10.2 Å². The van der Waals surface area contributed by atoms with Crippen molar-refractivity contribution in [2.45, 2.75) is 26.3 Å². The van der Waals surface area contributed by atoms with E-state index in [0.717, 1.165) is 37.4 Å². The lowest BCUT2D eigenvalue weighted by Gasteiger charge is -2.40. The van der Waals surface area contributed by atoms with Crippen LogP contribution in [0.3, 0.4) is 0 Å². The van der Waals surface area contributed by atoms with Crippen LogP contribution in [-0.2, 0) is 4.74 Å². The summed E-state index contributed by atoms with van der Waals surface area (Å²) < 4.78 is 11.2. The van der Waals surface area contributed by atoms with Crippen LogP contribution in [0.15, 0.2) is 52.9 Å². The van der Waals surface area contributed by atoms with Crippen molar-refractivity contribution in [3.8, 4) is 22.9 Å². The standard InChI is InChI=1S/C24H28N4O3/c1-17-4-6-19(7-5-17)22-26-27-23(31-22)20-10-8-18(9-11-20)21(29)25-16-24(2,3)28-12-14-30-15-13-28/h4-11H,12-16H2,1-3H3,(H,25,29). The third-order valence-electron chi connectivity index (χ3n) is 5.67. The Labute approximate surface area is 182 Å². The van der Waals surface area contributed by atoms with Crippen LogP contribution in [0.1, 0.15) is 29.8 Å². The minimum Gasteiger partial charge on any atom is -0.416 e. The maximum Gasteiger partial charge on any atom is 0.251 e. The van der Waals surface area contributed by atoms with Gasteiger partial charge in [0.2, 0.25) is 11.8 Å². The molecule has 1 amide bonds. The molecule has 3 aromatic rings. The highest BCUT2D eigenvalue weighted by molar-refractivity contribution is 5.94.